The van der Waals surface area contributed by atoms with Gasteiger partial charge in [0.25, 0.3) is 0 Å². The van der Waals surface area contributed by atoms with Crippen molar-refractivity contribution in [1.82, 2.24) is 5.32 Å². The van der Waals surface area contributed by atoms with Crippen molar-refractivity contribution in [3.63, 3.8) is 0 Å². The summed E-state index contributed by atoms with van der Waals surface area (Å²) in [6, 6.07) is 8.29. The monoisotopic (exact) mass is 247 g/mol. The van der Waals surface area contributed by atoms with E-state index in [1.165, 1.54) is 12.8 Å². The molecule has 0 unspecified atom stereocenters. The molecule has 0 heterocycles. The first-order valence-corrected chi connectivity index (χ1v) is 6.71. The van der Waals surface area contributed by atoms with E-state index in [9.17, 15) is 4.79 Å². The number of methoxy groups -OCH3 is 1. The van der Waals surface area contributed by atoms with Crippen LogP contribution in [0.5, 0.6) is 5.75 Å². The van der Waals surface area contributed by atoms with Crippen LogP contribution in [0, 0.1) is 0 Å². The molecule has 1 fully saturated rings. The van der Waals surface area contributed by atoms with Crippen LogP contribution in [-0.4, -0.2) is 19.1 Å². The molecule has 1 N–H and O–H groups in total. The Morgan fingerprint density at radius 2 is 2.06 bits per heavy atom. The minimum atomic E-state index is 0.160. The second-order valence-electron chi connectivity index (χ2n) is 4.86. The molecule has 0 aromatic heterocycles. The number of hydrogen-bond donors (Lipinski definition) is 1. The molecule has 98 valence electrons. The SMILES string of the molecule is COc1ccccc1CCC(=O)NC1CCCC1. The fourth-order valence-corrected chi connectivity index (χ4v) is 2.53. The molecule has 0 radical (unpaired) electrons. The lowest BCUT2D eigenvalue weighted by Crippen LogP contribution is -2.32. The number of amides is 1. The highest BCUT2D eigenvalue weighted by Gasteiger charge is 2.17. The fourth-order valence-electron chi connectivity index (χ4n) is 2.53. The zero-order chi connectivity index (χ0) is 12.8. The van der Waals surface area contributed by atoms with E-state index in [4.69, 9.17) is 4.74 Å². The normalized spacial score (nSPS) is 15.6. The van der Waals surface area contributed by atoms with Gasteiger partial charge in [-0.1, -0.05) is 31.0 Å². The number of nitrogens with one attached hydrogen (secondary N) is 1. The molecule has 18 heavy (non-hydrogen) atoms. The summed E-state index contributed by atoms with van der Waals surface area (Å²) in [6.07, 6.45) is 6.05. The number of benzene rings is 1. The molecule has 0 spiro atoms. The first-order valence-electron chi connectivity index (χ1n) is 6.71. The average Bonchev–Trinajstić information content (AvgIpc) is 2.89. The summed E-state index contributed by atoms with van der Waals surface area (Å²) in [7, 11) is 1.66. The maximum atomic E-state index is 11.8. The predicted molar refractivity (Wildman–Crippen MR) is 71.7 cm³/mol. The van der Waals surface area contributed by atoms with Gasteiger partial charge >= 0.3 is 0 Å². The molecule has 3 heteroatoms. The van der Waals surface area contributed by atoms with Crippen LogP contribution >= 0.6 is 0 Å². The molecular weight excluding hydrogens is 226 g/mol. The molecule has 0 aliphatic heterocycles. The Labute approximate surface area is 109 Å². The Kier molecular flexibility index (Phi) is 4.62. The van der Waals surface area contributed by atoms with Crippen molar-refractivity contribution in [2.75, 3.05) is 7.11 Å². The standard InChI is InChI=1S/C15H21NO2/c1-18-14-9-5-2-6-12(14)10-11-15(17)16-13-7-3-4-8-13/h2,5-6,9,13H,3-4,7-8,10-11H2,1H3,(H,16,17). The third-order valence-corrected chi connectivity index (χ3v) is 3.53. The van der Waals surface area contributed by atoms with Crippen molar-refractivity contribution < 1.29 is 9.53 Å². The molecule has 0 bridgehead atoms. The van der Waals surface area contributed by atoms with Gasteiger partial charge in [0.05, 0.1) is 7.11 Å². The zero-order valence-electron chi connectivity index (χ0n) is 10.9. The molecule has 0 atom stereocenters. The highest BCUT2D eigenvalue weighted by Crippen LogP contribution is 2.20. The topological polar surface area (TPSA) is 38.3 Å². The summed E-state index contributed by atoms with van der Waals surface area (Å²) in [5.41, 5.74) is 1.10. The summed E-state index contributed by atoms with van der Waals surface area (Å²) in [5.74, 6) is 1.03. The van der Waals surface area contributed by atoms with Crippen LogP contribution in [0.25, 0.3) is 0 Å². The minimum Gasteiger partial charge on any atom is -0.496 e. The van der Waals surface area contributed by atoms with E-state index in [1.54, 1.807) is 7.11 Å². The Morgan fingerprint density at radius 3 is 2.78 bits per heavy atom. The first kappa shape index (κ1) is 12.9. The Morgan fingerprint density at radius 1 is 1.33 bits per heavy atom. The van der Waals surface area contributed by atoms with Crippen LogP contribution in [0.3, 0.4) is 0 Å². The number of ether oxygens (including phenoxy) is 1. The van der Waals surface area contributed by atoms with Crippen molar-refractivity contribution >= 4 is 5.91 Å². The van der Waals surface area contributed by atoms with Crippen molar-refractivity contribution in [2.45, 2.75) is 44.6 Å². The van der Waals surface area contributed by atoms with Gasteiger partial charge in [0.1, 0.15) is 5.75 Å². The largest absolute Gasteiger partial charge is 0.496 e. The average molecular weight is 247 g/mol. The Bertz CT molecular complexity index is 397. The van der Waals surface area contributed by atoms with Crippen LogP contribution in [0.15, 0.2) is 24.3 Å². The second-order valence-corrected chi connectivity index (χ2v) is 4.86. The van der Waals surface area contributed by atoms with E-state index >= 15 is 0 Å². The lowest BCUT2D eigenvalue weighted by Gasteiger charge is -2.12. The summed E-state index contributed by atoms with van der Waals surface area (Å²) in [6.45, 7) is 0. The number of aryl methyl sites for hydroxylation is 1. The van der Waals surface area contributed by atoms with Gasteiger partial charge in [0, 0.05) is 12.5 Å². The predicted octanol–water partition coefficient (Wildman–Crippen LogP) is 2.69. The van der Waals surface area contributed by atoms with Gasteiger partial charge in [-0.3, -0.25) is 4.79 Å². The third kappa shape index (κ3) is 3.49. The van der Waals surface area contributed by atoms with Crippen molar-refractivity contribution in [3.8, 4) is 5.75 Å². The van der Waals surface area contributed by atoms with Crippen LogP contribution in [-0.2, 0) is 11.2 Å². The van der Waals surface area contributed by atoms with Crippen molar-refractivity contribution in [1.29, 1.82) is 0 Å². The molecular formula is C15H21NO2. The van der Waals surface area contributed by atoms with Crippen LogP contribution in [0.1, 0.15) is 37.7 Å². The van der Waals surface area contributed by atoms with Crippen LogP contribution < -0.4 is 10.1 Å². The third-order valence-electron chi connectivity index (χ3n) is 3.53. The summed E-state index contributed by atoms with van der Waals surface area (Å²) in [5, 5.41) is 3.11. The Hall–Kier alpha value is -1.51. The maximum absolute atomic E-state index is 11.8. The fraction of sp³-hybridized carbons (Fsp3) is 0.533. The number of rotatable bonds is 5. The van der Waals surface area contributed by atoms with E-state index in [0.717, 1.165) is 30.6 Å². The summed E-state index contributed by atoms with van der Waals surface area (Å²) in [4.78, 5) is 11.8. The molecule has 1 amide bonds. The van der Waals surface area contributed by atoms with Crippen molar-refractivity contribution in [3.05, 3.63) is 29.8 Å². The summed E-state index contributed by atoms with van der Waals surface area (Å²) < 4.78 is 5.28. The second kappa shape index (κ2) is 6.43. The van der Waals surface area contributed by atoms with Gasteiger partial charge in [-0.15, -0.1) is 0 Å². The molecule has 1 aliphatic carbocycles. The lowest BCUT2D eigenvalue weighted by molar-refractivity contribution is -0.121. The van der Waals surface area contributed by atoms with E-state index < -0.39 is 0 Å². The number of hydrogen-bond acceptors (Lipinski definition) is 2. The van der Waals surface area contributed by atoms with Gasteiger partial charge in [0.15, 0.2) is 0 Å². The number of carbonyl (C=O) groups excluding carboxylic acids is 1. The molecule has 0 saturated heterocycles. The van der Waals surface area contributed by atoms with Gasteiger partial charge in [-0.05, 0) is 30.9 Å². The molecule has 1 aromatic carbocycles. The quantitative estimate of drug-likeness (QED) is 0.868. The smallest absolute Gasteiger partial charge is 0.220 e. The zero-order valence-corrected chi connectivity index (χ0v) is 10.9. The molecule has 1 aliphatic rings. The van der Waals surface area contributed by atoms with E-state index in [-0.39, 0.29) is 5.91 Å². The van der Waals surface area contributed by atoms with Crippen molar-refractivity contribution in [2.24, 2.45) is 0 Å². The van der Waals surface area contributed by atoms with Crippen LogP contribution in [0.2, 0.25) is 0 Å². The highest BCUT2D eigenvalue weighted by molar-refractivity contribution is 5.76. The minimum absolute atomic E-state index is 0.160. The van der Waals surface area contributed by atoms with Gasteiger partial charge in [-0.2, -0.15) is 0 Å². The molecule has 1 saturated carbocycles. The van der Waals surface area contributed by atoms with E-state index in [2.05, 4.69) is 5.32 Å². The van der Waals surface area contributed by atoms with Crippen LogP contribution in [0.4, 0.5) is 0 Å². The van der Waals surface area contributed by atoms with Gasteiger partial charge < -0.3 is 10.1 Å². The number of para-hydroxylation sites is 1. The van der Waals surface area contributed by atoms with E-state index in [1.807, 2.05) is 24.3 Å². The number of carbonyl (C=O) groups is 1. The lowest BCUT2D eigenvalue weighted by atomic mass is 10.1. The first-order chi connectivity index (χ1) is 8.79. The van der Waals surface area contributed by atoms with Gasteiger partial charge in [0.2, 0.25) is 5.91 Å². The molecule has 1 aromatic rings. The molecule has 3 nitrogen and oxygen atoms in total. The highest BCUT2D eigenvalue weighted by atomic mass is 16.5. The summed E-state index contributed by atoms with van der Waals surface area (Å²) >= 11 is 0. The van der Waals surface area contributed by atoms with Gasteiger partial charge in [-0.25, -0.2) is 0 Å². The van der Waals surface area contributed by atoms with E-state index in [0.29, 0.717) is 12.5 Å². The Balaban J connectivity index is 1.81. The maximum Gasteiger partial charge on any atom is 0.220 e. The molecule has 2 rings (SSSR count).